The molecule has 46 heavy (non-hydrogen) atoms. The average Bonchev–Trinajstić information content (AvgIpc) is 3.64. The van der Waals surface area contributed by atoms with Crippen LogP contribution in [0.25, 0.3) is 11.3 Å². The number of ether oxygens (including phenoxy) is 2. The molecular formula is C37H32FN3O5. The predicted octanol–water partition coefficient (Wildman–Crippen LogP) is 7.14. The van der Waals surface area contributed by atoms with Crippen molar-refractivity contribution in [3.05, 3.63) is 125 Å². The van der Waals surface area contributed by atoms with Crippen LogP contribution in [0.1, 0.15) is 44.5 Å². The van der Waals surface area contributed by atoms with Gasteiger partial charge in [0.2, 0.25) is 6.79 Å². The lowest BCUT2D eigenvalue weighted by Crippen LogP contribution is -2.42. The highest BCUT2D eigenvalue weighted by atomic mass is 19.1. The van der Waals surface area contributed by atoms with E-state index < -0.39 is 11.7 Å². The molecule has 1 aromatic heterocycles. The van der Waals surface area contributed by atoms with Gasteiger partial charge in [-0.05, 0) is 92.1 Å². The summed E-state index contributed by atoms with van der Waals surface area (Å²) in [5, 5.41) is 9.90. The number of halogens is 1. The van der Waals surface area contributed by atoms with Crippen LogP contribution in [0.2, 0.25) is 0 Å². The number of aromatic nitrogens is 1. The van der Waals surface area contributed by atoms with Crippen LogP contribution in [-0.2, 0) is 20.0 Å². The number of hydrogen-bond acceptors (Lipinski definition) is 5. The Kier molecular flexibility index (Phi) is 7.23. The molecule has 3 heterocycles. The van der Waals surface area contributed by atoms with Crippen LogP contribution in [0.5, 0.6) is 17.2 Å². The number of fused-ring (bicyclic) bond motifs is 2. The van der Waals surface area contributed by atoms with Gasteiger partial charge in [0.05, 0.1) is 16.8 Å². The van der Waals surface area contributed by atoms with Gasteiger partial charge in [-0.25, -0.2) is 4.39 Å². The zero-order valence-corrected chi connectivity index (χ0v) is 25.7. The molecule has 0 radical (unpaired) electrons. The average molecular weight is 618 g/mol. The number of rotatable bonds is 5. The third-order valence-corrected chi connectivity index (χ3v) is 8.93. The van der Waals surface area contributed by atoms with E-state index >= 15 is 0 Å². The number of aromatic hydroxyl groups is 1. The number of carbonyl (C=O) groups excluding carboxylic acids is 2. The van der Waals surface area contributed by atoms with Crippen molar-refractivity contribution in [3.63, 3.8) is 0 Å². The summed E-state index contributed by atoms with van der Waals surface area (Å²) >= 11 is 0. The first-order chi connectivity index (χ1) is 22.2. The molecule has 8 nitrogen and oxygen atoms in total. The number of benzene rings is 4. The molecule has 0 bridgehead atoms. The molecule has 0 saturated heterocycles. The molecule has 9 heteroatoms. The van der Waals surface area contributed by atoms with Crippen LogP contribution >= 0.6 is 0 Å². The molecule has 4 aromatic carbocycles. The minimum Gasteiger partial charge on any atom is -0.508 e. The lowest BCUT2D eigenvalue weighted by Gasteiger charge is -2.35. The summed E-state index contributed by atoms with van der Waals surface area (Å²) < 4.78 is 27.7. The summed E-state index contributed by atoms with van der Waals surface area (Å²) in [6.45, 7) is 4.41. The number of anilines is 2. The Balaban J connectivity index is 1.33. The van der Waals surface area contributed by atoms with Crippen LogP contribution < -0.4 is 14.4 Å². The first kappa shape index (κ1) is 29.2. The van der Waals surface area contributed by atoms with E-state index in [1.54, 1.807) is 42.5 Å². The number of nitrogens with zero attached hydrogens (tertiary/aromatic N) is 3. The number of amides is 2. The second-order valence-electron chi connectivity index (χ2n) is 11.7. The van der Waals surface area contributed by atoms with Gasteiger partial charge in [-0.15, -0.1) is 0 Å². The molecule has 2 aliphatic rings. The second kappa shape index (κ2) is 11.4. The molecule has 0 saturated carbocycles. The Morgan fingerprint density at radius 3 is 2.33 bits per heavy atom. The first-order valence-corrected chi connectivity index (χ1v) is 15.1. The third kappa shape index (κ3) is 5.03. The van der Waals surface area contributed by atoms with Crippen molar-refractivity contribution in [1.82, 2.24) is 9.47 Å². The third-order valence-electron chi connectivity index (χ3n) is 8.93. The van der Waals surface area contributed by atoms with Crippen molar-refractivity contribution in [2.75, 3.05) is 11.7 Å². The van der Waals surface area contributed by atoms with Crippen molar-refractivity contribution < 1.29 is 28.6 Å². The van der Waals surface area contributed by atoms with Crippen LogP contribution in [0.15, 0.2) is 91.0 Å². The van der Waals surface area contributed by atoms with Gasteiger partial charge >= 0.3 is 0 Å². The highest BCUT2D eigenvalue weighted by Gasteiger charge is 2.33. The fourth-order valence-electron chi connectivity index (χ4n) is 6.33. The van der Waals surface area contributed by atoms with Gasteiger partial charge in [0, 0.05) is 42.3 Å². The molecule has 1 atom stereocenters. The van der Waals surface area contributed by atoms with E-state index in [1.165, 1.54) is 34.7 Å². The van der Waals surface area contributed by atoms with E-state index in [-0.39, 0.29) is 24.5 Å². The van der Waals surface area contributed by atoms with Crippen LogP contribution in [0.4, 0.5) is 15.8 Å². The molecule has 7 rings (SSSR count). The van der Waals surface area contributed by atoms with Crippen LogP contribution in [0, 0.1) is 12.7 Å². The predicted molar refractivity (Wildman–Crippen MR) is 172 cm³/mol. The topological polar surface area (TPSA) is 84.2 Å². The van der Waals surface area contributed by atoms with Crippen molar-refractivity contribution in [2.45, 2.75) is 32.9 Å². The van der Waals surface area contributed by atoms with Gasteiger partial charge < -0.3 is 24.0 Å². The molecule has 2 aliphatic heterocycles. The van der Waals surface area contributed by atoms with E-state index in [9.17, 15) is 19.1 Å². The van der Waals surface area contributed by atoms with E-state index in [2.05, 4.69) is 12.1 Å². The zero-order valence-electron chi connectivity index (χ0n) is 25.7. The summed E-state index contributed by atoms with van der Waals surface area (Å²) in [7, 11) is 1.84. The Morgan fingerprint density at radius 2 is 1.59 bits per heavy atom. The van der Waals surface area contributed by atoms with Gasteiger partial charge in [-0.2, -0.15) is 0 Å². The fourth-order valence-corrected chi connectivity index (χ4v) is 6.33. The maximum Gasteiger partial charge on any atom is 0.264 e. The first-order valence-electron chi connectivity index (χ1n) is 15.1. The van der Waals surface area contributed by atoms with Crippen LogP contribution in [-0.4, -0.2) is 39.2 Å². The van der Waals surface area contributed by atoms with Gasteiger partial charge in [-0.1, -0.05) is 30.3 Å². The normalized spacial score (nSPS) is 15.0. The smallest absolute Gasteiger partial charge is 0.264 e. The standard InChI is InChI=1S/C37H32FN3O5/c1-22-15-24-7-4-5-8-25(24)20-40(22)36(43)32-19-35-34(45-21-46-35)18-31(32)33-17-30(23(2)39(33)3)37(44)41(27-11-13-29(42)14-12-27)28-10-6-9-26(38)16-28/h4-14,16-19,22,42H,15,20-21H2,1-3H3/t22-/m1/s1. The Labute approximate surface area is 265 Å². The summed E-state index contributed by atoms with van der Waals surface area (Å²) in [5.74, 6) is 0.0144. The highest BCUT2D eigenvalue weighted by Crippen LogP contribution is 2.41. The fraction of sp³-hybridized carbons (Fsp3) is 0.189. The molecule has 0 spiro atoms. The Morgan fingerprint density at radius 1 is 0.870 bits per heavy atom. The summed E-state index contributed by atoms with van der Waals surface area (Å²) in [5.41, 5.74) is 5.84. The number of phenols is 1. The molecule has 0 aliphatic carbocycles. The SMILES string of the molecule is Cc1c(C(=O)N(c2ccc(O)cc2)c2cccc(F)c2)cc(-c2cc3c(cc2C(=O)N2Cc4ccccc4C[C@H]2C)OCO3)n1C. The zero-order chi connectivity index (χ0) is 32.1. The minimum atomic E-state index is -0.488. The maximum atomic E-state index is 14.4. The van der Waals surface area contributed by atoms with E-state index in [4.69, 9.17) is 9.47 Å². The number of phenolic OH excluding ortho intramolecular Hbond substituents is 1. The quantitative estimate of drug-likeness (QED) is 0.227. The Bertz CT molecular complexity index is 2000. The molecule has 0 fully saturated rings. The summed E-state index contributed by atoms with van der Waals surface area (Å²) in [6, 6.07) is 25.4. The highest BCUT2D eigenvalue weighted by molar-refractivity contribution is 6.12. The van der Waals surface area contributed by atoms with Crippen molar-refractivity contribution in [2.24, 2.45) is 7.05 Å². The number of hydrogen-bond donors (Lipinski definition) is 1. The van der Waals surface area contributed by atoms with Gasteiger partial charge in [0.25, 0.3) is 11.8 Å². The Hall–Kier alpha value is -5.57. The number of carbonyl (C=O) groups is 2. The van der Waals surface area contributed by atoms with E-state index in [0.717, 1.165) is 12.0 Å². The molecular weight excluding hydrogens is 585 g/mol. The summed E-state index contributed by atoms with van der Waals surface area (Å²) in [6.07, 6.45) is 0.747. The van der Waals surface area contributed by atoms with Crippen molar-refractivity contribution in [1.29, 1.82) is 0 Å². The largest absolute Gasteiger partial charge is 0.508 e. The molecule has 0 unspecified atom stereocenters. The second-order valence-corrected chi connectivity index (χ2v) is 11.7. The van der Waals surface area contributed by atoms with Crippen molar-refractivity contribution in [3.8, 4) is 28.5 Å². The molecule has 1 N–H and O–H groups in total. The lowest BCUT2D eigenvalue weighted by atomic mass is 9.93. The van der Waals surface area contributed by atoms with E-state index in [0.29, 0.717) is 57.5 Å². The van der Waals surface area contributed by atoms with Crippen molar-refractivity contribution >= 4 is 23.2 Å². The van der Waals surface area contributed by atoms with Gasteiger partial charge in [-0.3, -0.25) is 14.5 Å². The molecule has 232 valence electrons. The monoisotopic (exact) mass is 617 g/mol. The summed E-state index contributed by atoms with van der Waals surface area (Å²) in [4.78, 5) is 32.0. The van der Waals surface area contributed by atoms with Crippen LogP contribution in [0.3, 0.4) is 0 Å². The van der Waals surface area contributed by atoms with Gasteiger partial charge in [0.1, 0.15) is 11.6 Å². The molecule has 2 amide bonds. The minimum absolute atomic E-state index is 0.0295. The van der Waals surface area contributed by atoms with Gasteiger partial charge in [0.15, 0.2) is 11.5 Å². The lowest BCUT2D eigenvalue weighted by molar-refractivity contribution is 0.0658. The maximum absolute atomic E-state index is 14.4. The van der Waals surface area contributed by atoms with E-state index in [1.807, 2.05) is 42.5 Å². The molecule has 5 aromatic rings.